The largest absolute Gasteiger partial charge is 0.426 e. The highest BCUT2D eigenvalue weighted by Crippen LogP contribution is 2.72. The molecule has 21 heteroatoms. The summed E-state index contributed by atoms with van der Waals surface area (Å²) in [5.74, 6) is -18.4. The molecule has 7 atom stereocenters. The molecule has 2 saturated carbocycles. The van der Waals surface area contributed by atoms with E-state index in [0.29, 0.717) is 7.11 Å². The zero-order valence-electron chi connectivity index (χ0n) is 22.7. The first-order valence-corrected chi connectivity index (χ1v) is 12.4. The smallest absolute Gasteiger partial charge is 0.373 e. The second kappa shape index (κ2) is 11.1. The third-order valence-corrected chi connectivity index (χ3v) is 9.52. The van der Waals surface area contributed by atoms with Gasteiger partial charge in [0.05, 0.1) is 0 Å². The van der Waals surface area contributed by atoms with Crippen molar-refractivity contribution in [3.05, 3.63) is 0 Å². The van der Waals surface area contributed by atoms with Crippen LogP contribution in [0.5, 0.6) is 0 Å². The van der Waals surface area contributed by atoms with Crippen LogP contribution in [0.1, 0.15) is 33.6 Å². The first-order chi connectivity index (χ1) is 19.2. The van der Waals surface area contributed by atoms with E-state index >= 15 is 0 Å². The number of methoxy groups -OCH3 is 1. The normalized spacial score (nSPS) is 29.9. The number of rotatable bonds is 8. The maximum atomic E-state index is 14.1. The van der Waals surface area contributed by atoms with Gasteiger partial charge in [-0.05, 0) is 55.3 Å². The van der Waals surface area contributed by atoms with E-state index < -0.39 is 122 Å². The summed E-state index contributed by atoms with van der Waals surface area (Å²) in [7, 11) is 0.516. The average Bonchev–Trinajstić information content (AvgIpc) is 3.21. The first kappa shape index (κ1) is 38.8. The quantitative estimate of drug-likeness (QED) is 0.205. The zero-order chi connectivity index (χ0) is 35.1. The second-order valence-electron chi connectivity index (χ2n) is 11.6. The van der Waals surface area contributed by atoms with Crippen LogP contribution in [0.2, 0.25) is 0 Å². The molecule has 2 aliphatic rings. The van der Waals surface area contributed by atoms with Gasteiger partial charge in [-0.1, -0.05) is 13.8 Å². The number of hydrogen-bond acceptors (Lipinski definition) is 3. The van der Waals surface area contributed by atoms with Gasteiger partial charge in [0.15, 0.2) is 5.41 Å². The molecule has 2 fully saturated rings. The van der Waals surface area contributed by atoms with Crippen LogP contribution >= 0.6 is 0 Å². The number of ether oxygens (including phenoxy) is 2. The van der Waals surface area contributed by atoms with Crippen molar-refractivity contribution in [3.8, 4) is 0 Å². The SMILES string of the molecule is COCOC(CC1C(CC(C)(C(F)(F)F)C(F)(F)F)C2C(C)C(C)C1C2C(O)(C(F)(F)F)C(F)(F)F)(C(F)(F)F)C(F)(F)F. The van der Waals surface area contributed by atoms with E-state index in [2.05, 4.69) is 9.47 Å². The van der Waals surface area contributed by atoms with Crippen molar-refractivity contribution in [1.29, 1.82) is 0 Å². The molecule has 2 bridgehead atoms. The minimum Gasteiger partial charge on any atom is -0.373 e. The Morgan fingerprint density at radius 3 is 1.16 bits per heavy atom. The topological polar surface area (TPSA) is 38.7 Å². The first-order valence-electron chi connectivity index (χ1n) is 12.4. The lowest BCUT2D eigenvalue weighted by Gasteiger charge is -2.47. The number of alkyl halides is 18. The molecular formula is C23H26F18O3. The minimum absolute atomic E-state index is 0.516. The highest BCUT2D eigenvalue weighted by Gasteiger charge is 2.83. The van der Waals surface area contributed by atoms with E-state index in [4.69, 9.17) is 0 Å². The maximum Gasteiger partial charge on any atom is 0.426 e. The Morgan fingerprint density at radius 1 is 0.545 bits per heavy atom. The molecule has 0 aromatic rings. The molecule has 0 aliphatic heterocycles. The fourth-order valence-corrected chi connectivity index (χ4v) is 7.14. The summed E-state index contributed by atoms with van der Waals surface area (Å²) in [5.41, 5.74) is -16.5. The number of aliphatic hydroxyl groups is 1. The average molecular weight is 692 g/mol. The summed E-state index contributed by atoms with van der Waals surface area (Å²) in [5, 5.41) is 10.2. The van der Waals surface area contributed by atoms with E-state index in [0.717, 1.165) is 13.8 Å². The van der Waals surface area contributed by atoms with Crippen LogP contribution in [-0.2, 0) is 9.47 Å². The Labute approximate surface area is 237 Å². The van der Waals surface area contributed by atoms with Crippen LogP contribution < -0.4 is 0 Å². The summed E-state index contributed by atoms with van der Waals surface area (Å²) in [6.45, 7) is -0.886. The molecule has 7 unspecified atom stereocenters. The number of hydrogen-bond donors (Lipinski definition) is 1. The van der Waals surface area contributed by atoms with Crippen LogP contribution in [-0.4, -0.2) is 67.3 Å². The molecule has 0 aromatic carbocycles. The molecule has 0 amide bonds. The van der Waals surface area contributed by atoms with Gasteiger partial charge in [-0.15, -0.1) is 0 Å². The molecular weight excluding hydrogens is 666 g/mol. The Bertz CT molecular complexity index is 963. The zero-order valence-corrected chi connectivity index (χ0v) is 22.7. The molecule has 44 heavy (non-hydrogen) atoms. The Hall–Kier alpha value is -1.38. The van der Waals surface area contributed by atoms with Crippen molar-refractivity contribution in [2.45, 2.75) is 81.9 Å². The minimum atomic E-state index is -6.77. The lowest BCUT2D eigenvalue weighted by Crippen LogP contribution is -2.63. The molecule has 0 radical (unpaired) electrons. The summed E-state index contributed by atoms with van der Waals surface area (Å²) in [6, 6.07) is 0. The van der Waals surface area contributed by atoms with E-state index in [1.165, 1.54) is 0 Å². The van der Waals surface area contributed by atoms with Gasteiger partial charge in [0.2, 0.25) is 0 Å². The van der Waals surface area contributed by atoms with Crippen molar-refractivity contribution in [1.82, 2.24) is 0 Å². The van der Waals surface area contributed by atoms with Gasteiger partial charge < -0.3 is 14.6 Å². The monoisotopic (exact) mass is 692 g/mol. The van der Waals surface area contributed by atoms with Crippen LogP contribution in [0, 0.1) is 46.8 Å². The van der Waals surface area contributed by atoms with Crippen molar-refractivity contribution >= 4 is 0 Å². The third kappa shape index (κ3) is 5.72. The van der Waals surface area contributed by atoms with Crippen LogP contribution in [0.4, 0.5) is 79.0 Å². The molecule has 0 aromatic heterocycles. The Balaban J connectivity index is 3.03. The van der Waals surface area contributed by atoms with Crippen molar-refractivity contribution in [2.24, 2.45) is 46.8 Å². The van der Waals surface area contributed by atoms with Crippen molar-refractivity contribution in [3.63, 3.8) is 0 Å². The van der Waals surface area contributed by atoms with Crippen LogP contribution in [0.25, 0.3) is 0 Å². The predicted molar refractivity (Wildman–Crippen MR) is 110 cm³/mol. The van der Waals surface area contributed by atoms with Crippen molar-refractivity contribution < 1.29 is 93.6 Å². The van der Waals surface area contributed by atoms with E-state index in [-0.39, 0.29) is 0 Å². The van der Waals surface area contributed by atoms with Gasteiger partial charge in [0.25, 0.3) is 11.2 Å². The highest BCUT2D eigenvalue weighted by atomic mass is 19.4. The van der Waals surface area contributed by atoms with Crippen LogP contribution in [0.3, 0.4) is 0 Å². The van der Waals surface area contributed by atoms with Crippen LogP contribution in [0.15, 0.2) is 0 Å². The van der Waals surface area contributed by atoms with Gasteiger partial charge in [-0.2, -0.15) is 79.0 Å². The highest BCUT2D eigenvalue weighted by molar-refractivity contribution is 5.19. The van der Waals surface area contributed by atoms with Crippen molar-refractivity contribution in [2.75, 3.05) is 13.9 Å². The standard InChI is InChI=1S/C23H26F18O3/c1-8-9(2)13-11(6-16(20(30,31)32,21(33,34)35)44-7-43-4)10(5-15(3,18(24,25)26)19(27,28)29)12(8)14(13)17(42,22(36,37)38)23(39,40)41/h8-14,42H,5-7H2,1-4H3. The van der Waals surface area contributed by atoms with E-state index in [1.54, 1.807) is 0 Å². The molecule has 0 heterocycles. The molecule has 262 valence electrons. The molecule has 1 N–H and O–H groups in total. The van der Waals surface area contributed by atoms with Gasteiger partial charge in [0.1, 0.15) is 6.79 Å². The molecule has 0 spiro atoms. The fourth-order valence-electron chi connectivity index (χ4n) is 7.14. The third-order valence-electron chi connectivity index (χ3n) is 9.52. The Morgan fingerprint density at radius 2 is 0.886 bits per heavy atom. The van der Waals surface area contributed by atoms with E-state index in [1.807, 2.05) is 0 Å². The lowest BCUT2D eigenvalue weighted by molar-refractivity contribution is -0.400. The summed E-state index contributed by atoms with van der Waals surface area (Å²) in [6.07, 6.45) is -44.9. The lowest BCUT2D eigenvalue weighted by atomic mass is 9.62. The molecule has 0 saturated heterocycles. The molecule has 3 nitrogen and oxygen atoms in total. The molecule has 2 rings (SSSR count). The number of halogens is 18. The Kier molecular flexibility index (Phi) is 9.80. The molecule has 2 aliphatic carbocycles. The van der Waals surface area contributed by atoms with Gasteiger partial charge >= 0.3 is 37.1 Å². The maximum absolute atomic E-state index is 14.1. The van der Waals surface area contributed by atoms with Gasteiger partial charge in [-0.25, -0.2) is 0 Å². The summed E-state index contributed by atoms with van der Waals surface area (Å²) in [4.78, 5) is 0. The van der Waals surface area contributed by atoms with Gasteiger partial charge in [-0.3, -0.25) is 0 Å². The summed E-state index contributed by atoms with van der Waals surface area (Å²) >= 11 is 0. The number of fused-ring (bicyclic) bond motifs is 2. The predicted octanol–water partition coefficient (Wildman–Crippen LogP) is 8.62. The van der Waals surface area contributed by atoms with E-state index in [9.17, 15) is 84.1 Å². The van der Waals surface area contributed by atoms with Gasteiger partial charge in [0, 0.05) is 13.0 Å². The fraction of sp³-hybridized carbons (Fsp3) is 1.00. The summed E-state index contributed by atoms with van der Waals surface area (Å²) < 4.78 is 260. The second-order valence-corrected chi connectivity index (χ2v) is 11.6.